The van der Waals surface area contributed by atoms with Crippen molar-refractivity contribution >= 4 is 17.2 Å². The molecular weight excluding hydrogens is 284 g/mol. The molecule has 0 unspecified atom stereocenters. The lowest BCUT2D eigenvalue weighted by Gasteiger charge is -2.25. The number of carbonyl (C=O) groups is 1. The number of aromatic nitrogens is 3. The topological polar surface area (TPSA) is 59.8 Å². The van der Waals surface area contributed by atoms with E-state index >= 15 is 0 Å². The average Bonchev–Trinajstić information content (AvgIpc) is 3.06. The number of amides is 1. The lowest BCUT2D eigenvalue weighted by atomic mass is 10.1. The van der Waals surface area contributed by atoms with E-state index in [-0.39, 0.29) is 11.9 Å². The minimum Gasteiger partial charge on any atom is -0.351 e. The highest BCUT2D eigenvalue weighted by Gasteiger charge is 2.24. The van der Waals surface area contributed by atoms with Gasteiger partial charge in [0.05, 0.1) is 6.42 Å². The van der Waals surface area contributed by atoms with Crippen LogP contribution in [0.15, 0.2) is 16.8 Å². The summed E-state index contributed by atoms with van der Waals surface area (Å²) in [6.45, 7) is 5.03. The van der Waals surface area contributed by atoms with Gasteiger partial charge < -0.3 is 9.88 Å². The lowest BCUT2D eigenvalue weighted by molar-refractivity contribution is -0.121. The molecule has 2 aromatic heterocycles. The molecule has 1 N–H and O–H groups in total. The number of rotatable bonds is 4. The van der Waals surface area contributed by atoms with Gasteiger partial charge in [0.15, 0.2) is 0 Å². The Kier molecular flexibility index (Phi) is 4.05. The Bertz CT molecular complexity index is 618. The second-order valence-corrected chi connectivity index (χ2v) is 6.63. The number of nitrogens with one attached hydrogen (secondary N) is 1. The third kappa shape index (κ3) is 3.15. The van der Waals surface area contributed by atoms with Crippen LogP contribution in [0, 0.1) is 0 Å². The van der Waals surface area contributed by atoms with Crippen LogP contribution < -0.4 is 5.32 Å². The van der Waals surface area contributed by atoms with E-state index in [2.05, 4.69) is 33.9 Å². The Morgan fingerprint density at radius 3 is 3.10 bits per heavy atom. The normalized spacial score (nSPS) is 17.8. The minimum absolute atomic E-state index is 0.0982. The Balaban J connectivity index is 1.63. The highest BCUT2D eigenvalue weighted by Crippen LogP contribution is 2.20. The summed E-state index contributed by atoms with van der Waals surface area (Å²) >= 11 is 1.62. The molecule has 1 atom stereocenters. The number of thiophene rings is 1. The molecule has 0 bridgehead atoms. The zero-order valence-corrected chi connectivity index (χ0v) is 13.2. The van der Waals surface area contributed by atoms with Crippen LogP contribution in [0.2, 0.25) is 0 Å². The summed E-state index contributed by atoms with van der Waals surface area (Å²) in [5, 5.41) is 15.7. The zero-order chi connectivity index (χ0) is 14.8. The van der Waals surface area contributed by atoms with E-state index in [9.17, 15) is 4.79 Å². The van der Waals surface area contributed by atoms with E-state index in [1.54, 1.807) is 11.3 Å². The molecule has 0 saturated carbocycles. The van der Waals surface area contributed by atoms with Crippen LogP contribution in [0.25, 0.3) is 0 Å². The Hall–Kier alpha value is -1.69. The molecule has 2 aromatic rings. The van der Waals surface area contributed by atoms with Gasteiger partial charge in [0.2, 0.25) is 5.91 Å². The van der Waals surface area contributed by atoms with Crippen LogP contribution >= 0.6 is 11.3 Å². The Labute approximate surface area is 128 Å². The second kappa shape index (κ2) is 5.97. The molecule has 0 radical (unpaired) electrons. The first-order valence-corrected chi connectivity index (χ1v) is 8.30. The minimum atomic E-state index is 0.0982. The van der Waals surface area contributed by atoms with Crippen molar-refractivity contribution in [2.45, 2.75) is 51.6 Å². The van der Waals surface area contributed by atoms with Crippen LogP contribution in [0.5, 0.6) is 0 Å². The highest BCUT2D eigenvalue weighted by atomic mass is 32.1. The Morgan fingerprint density at radius 1 is 1.52 bits per heavy atom. The molecular formula is C15H20N4OS. The second-order valence-electron chi connectivity index (χ2n) is 5.85. The van der Waals surface area contributed by atoms with Gasteiger partial charge in [-0.05, 0) is 28.8 Å². The number of hydrogen-bond acceptors (Lipinski definition) is 4. The van der Waals surface area contributed by atoms with Crippen LogP contribution in [0.4, 0.5) is 0 Å². The molecule has 112 valence electrons. The van der Waals surface area contributed by atoms with Gasteiger partial charge in [-0.25, -0.2) is 0 Å². The summed E-state index contributed by atoms with van der Waals surface area (Å²) < 4.78 is 2.17. The van der Waals surface area contributed by atoms with Gasteiger partial charge in [0, 0.05) is 24.9 Å². The van der Waals surface area contributed by atoms with Crippen molar-refractivity contribution in [3.05, 3.63) is 34.0 Å². The lowest BCUT2D eigenvalue weighted by Crippen LogP contribution is -2.42. The SMILES string of the molecule is CC(C)c1nnc2n1C[C@@H](NC(=O)Cc1ccsc1)CC2. The summed E-state index contributed by atoms with van der Waals surface area (Å²) in [4.78, 5) is 12.1. The van der Waals surface area contributed by atoms with E-state index in [0.29, 0.717) is 12.3 Å². The van der Waals surface area contributed by atoms with Gasteiger partial charge in [-0.1, -0.05) is 13.8 Å². The summed E-state index contributed by atoms with van der Waals surface area (Å²) in [5.41, 5.74) is 1.08. The fourth-order valence-electron chi connectivity index (χ4n) is 2.75. The zero-order valence-electron chi connectivity index (χ0n) is 12.4. The van der Waals surface area contributed by atoms with Gasteiger partial charge in [0.25, 0.3) is 0 Å². The molecule has 0 fully saturated rings. The largest absolute Gasteiger partial charge is 0.351 e. The molecule has 3 heterocycles. The summed E-state index contributed by atoms with van der Waals surface area (Å²) in [6, 6.07) is 2.18. The van der Waals surface area contributed by atoms with Crippen LogP contribution in [-0.4, -0.2) is 26.7 Å². The molecule has 0 aliphatic carbocycles. The molecule has 1 aliphatic heterocycles. The smallest absolute Gasteiger partial charge is 0.224 e. The number of carbonyl (C=O) groups excluding carboxylic acids is 1. The third-order valence-corrected chi connectivity index (χ3v) is 4.53. The van der Waals surface area contributed by atoms with Crippen molar-refractivity contribution in [1.29, 1.82) is 0 Å². The van der Waals surface area contributed by atoms with Crippen molar-refractivity contribution in [3.8, 4) is 0 Å². The van der Waals surface area contributed by atoms with E-state index in [1.165, 1.54) is 0 Å². The average molecular weight is 304 g/mol. The van der Waals surface area contributed by atoms with Crippen molar-refractivity contribution in [2.75, 3.05) is 0 Å². The van der Waals surface area contributed by atoms with E-state index in [4.69, 9.17) is 0 Å². The number of hydrogen-bond donors (Lipinski definition) is 1. The molecule has 0 saturated heterocycles. The van der Waals surface area contributed by atoms with Gasteiger partial charge >= 0.3 is 0 Å². The summed E-state index contributed by atoms with van der Waals surface area (Å²) in [5.74, 6) is 2.51. The number of nitrogens with zero attached hydrogens (tertiary/aromatic N) is 3. The van der Waals surface area contributed by atoms with Gasteiger partial charge in [-0.15, -0.1) is 10.2 Å². The molecule has 6 heteroatoms. The quantitative estimate of drug-likeness (QED) is 0.941. The first kappa shape index (κ1) is 14.3. The van der Waals surface area contributed by atoms with Crippen molar-refractivity contribution in [1.82, 2.24) is 20.1 Å². The fourth-order valence-corrected chi connectivity index (χ4v) is 3.42. The monoisotopic (exact) mass is 304 g/mol. The molecule has 1 aliphatic rings. The highest BCUT2D eigenvalue weighted by molar-refractivity contribution is 7.07. The molecule has 1 amide bonds. The van der Waals surface area contributed by atoms with E-state index in [0.717, 1.165) is 36.6 Å². The maximum atomic E-state index is 12.1. The molecule has 5 nitrogen and oxygen atoms in total. The molecule has 0 spiro atoms. The van der Waals surface area contributed by atoms with Crippen LogP contribution in [0.1, 0.15) is 43.4 Å². The standard InChI is InChI=1S/C15H20N4OS/c1-10(2)15-18-17-13-4-3-12(8-19(13)15)16-14(20)7-11-5-6-21-9-11/h5-6,9-10,12H,3-4,7-8H2,1-2H3,(H,16,20)/t12-/m0/s1. The molecule has 21 heavy (non-hydrogen) atoms. The predicted molar refractivity (Wildman–Crippen MR) is 82.4 cm³/mol. The van der Waals surface area contributed by atoms with Gasteiger partial charge in [0.1, 0.15) is 11.6 Å². The number of aryl methyl sites for hydroxylation is 1. The van der Waals surface area contributed by atoms with E-state index < -0.39 is 0 Å². The third-order valence-electron chi connectivity index (χ3n) is 3.80. The van der Waals surface area contributed by atoms with Crippen LogP contribution in [-0.2, 0) is 24.2 Å². The maximum absolute atomic E-state index is 12.1. The predicted octanol–water partition coefficient (Wildman–Crippen LogP) is 2.14. The van der Waals surface area contributed by atoms with Gasteiger partial charge in [-0.2, -0.15) is 11.3 Å². The van der Waals surface area contributed by atoms with E-state index in [1.807, 2.05) is 16.8 Å². The first-order valence-electron chi connectivity index (χ1n) is 7.36. The van der Waals surface area contributed by atoms with Crippen molar-refractivity contribution in [3.63, 3.8) is 0 Å². The fraction of sp³-hybridized carbons (Fsp3) is 0.533. The first-order chi connectivity index (χ1) is 10.1. The Morgan fingerprint density at radius 2 is 2.38 bits per heavy atom. The molecule has 3 rings (SSSR count). The van der Waals surface area contributed by atoms with Crippen LogP contribution in [0.3, 0.4) is 0 Å². The number of fused-ring (bicyclic) bond motifs is 1. The van der Waals surface area contributed by atoms with Crippen molar-refractivity contribution < 1.29 is 4.79 Å². The summed E-state index contributed by atoms with van der Waals surface area (Å²) in [7, 11) is 0. The summed E-state index contributed by atoms with van der Waals surface area (Å²) in [6.07, 6.45) is 2.28. The molecule has 0 aromatic carbocycles. The maximum Gasteiger partial charge on any atom is 0.224 e. The van der Waals surface area contributed by atoms with Crippen molar-refractivity contribution in [2.24, 2.45) is 0 Å². The van der Waals surface area contributed by atoms with Gasteiger partial charge in [-0.3, -0.25) is 4.79 Å².